The summed E-state index contributed by atoms with van der Waals surface area (Å²) in [6.07, 6.45) is 3.29. The Morgan fingerprint density at radius 3 is 2.75 bits per heavy atom. The Labute approximate surface area is 204 Å². The first kappa shape index (κ1) is 23.8. The molecule has 0 saturated heterocycles. The summed E-state index contributed by atoms with van der Waals surface area (Å²) in [5.74, 6) is -3.33. The first-order chi connectivity index (χ1) is 17.1. The Balaban J connectivity index is 1.49. The van der Waals surface area contributed by atoms with E-state index in [9.17, 15) is 9.59 Å². The average molecular weight is 497 g/mol. The van der Waals surface area contributed by atoms with Gasteiger partial charge in [-0.2, -0.15) is 4.98 Å². The number of imidazole rings is 1. The molecule has 1 aliphatic carbocycles. The van der Waals surface area contributed by atoms with Gasteiger partial charge in [-0.15, -0.1) is 0 Å². The van der Waals surface area contributed by atoms with Crippen LogP contribution in [0.15, 0.2) is 39.8 Å². The standard InChI is InChI=1S/C25H26F2N6O3/c1-4-8-25(26,27)17-12-14(16-7-11-28-19-18(16)29-23(35)30-19)5-6-15(17)13-33(3)21(34)20-31-22(32-36-20)24(2)9-10-24/h5-7,11-12H,4,8-10,13H2,1-3H3,(H2,28,29,30,35). The highest BCUT2D eigenvalue weighted by Crippen LogP contribution is 2.46. The minimum absolute atomic E-state index is 0.0739. The molecule has 1 aliphatic rings. The van der Waals surface area contributed by atoms with Crippen LogP contribution >= 0.6 is 0 Å². The predicted octanol–water partition coefficient (Wildman–Crippen LogP) is 4.52. The molecule has 1 fully saturated rings. The van der Waals surface area contributed by atoms with E-state index in [1.165, 1.54) is 24.2 Å². The van der Waals surface area contributed by atoms with E-state index in [-0.39, 0.29) is 36.3 Å². The number of nitrogens with zero attached hydrogens (tertiary/aromatic N) is 4. The number of aromatic amines is 2. The summed E-state index contributed by atoms with van der Waals surface area (Å²) in [5.41, 5.74) is 1.37. The molecule has 0 aliphatic heterocycles. The number of H-pyrrole nitrogens is 2. The maximum absolute atomic E-state index is 15.3. The third kappa shape index (κ3) is 4.29. The molecule has 188 valence electrons. The Morgan fingerprint density at radius 1 is 1.25 bits per heavy atom. The topological polar surface area (TPSA) is 121 Å². The smallest absolute Gasteiger partial charge is 0.325 e. The van der Waals surface area contributed by atoms with Crippen LogP contribution in [0.1, 0.15) is 67.2 Å². The van der Waals surface area contributed by atoms with Gasteiger partial charge in [0, 0.05) is 42.8 Å². The lowest BCUT2D eigenvalue weighted by molar-refractivity contribution is -0.0153. The SMILES string of the molecule is CCCC(F)(F)c1cc(-c2ccnc3[nH]c(=O)[nH]c23)ccc1CN(C)C(=O)c1nc(C2(C)CC2)no1. The molecule has 9 nitrogen and oxygen atoms in total. The van der Waals surface area contributed by atoms with E-state index in [0.29, 0.717) is 33.7 Å². The highest BCUT2D eigenvalue weighted by Gasteiger charge is 2.44. The van der Waals surface area contributed by atoms with Crippen LogP contribution in [0.5, 0.6) is 0 Å². The molecule has 5 rings (SSSR count). The molecule has 1 aromatic carbocycles. The first-order valence-electron chi connectivity index (χ1n) is 11.8. The summed E-state index contributed by atoms with van der Waals surface area (Å²) >= 11 is 0. The second-order valence-electron chi connectivity index (χ2n) is 9.63. The van der Waals surface area contributed by atoms with Crippen molar-refractivity contribution in [2.75, 3.05) is 7.05 Å². The summed E-state index contributed by atoms with van der Waals surface area (Å²) in [6, 6.07) is 6.35. The number of benzene rings is 1. The molecule has 1 amide bonds. The minimum Gasteiger partial charge on any atom is -0.333 e. The number of hydrogen-bond donors (Lipinski definition) is 2. The largest absolute Gasteiger partial charge is 0.333 e. The van der Waals surface area contributed by atoms with E-state index in [1.54, 1.807) is 25.1 Å². The number of rotatable bonds is 8. The van der Waals surface area contributed by atoms with E-state index in [1.807, 2.05) is 6.92 Å². The van der Waals surface area contributed by atoms with Crippen molar-refractivity contribution in [2.45, 2.75) is 57.4 Å². The van der Waals surface area contributed by atoms with E-state index < -0.39 is 17.5 Å². The molecule has 0 unspecified atom stereocenters. The third-order valence-corrected chi connectivity index (χ3v) is 6.70. The van der Waals surface area contributed by atoms with Crippen LogP contribution in [0.4, 0.5) is 8.78 Å². The van der Waals surface area contributed by atoms with Gasteiger partial charge in [0.05, 0.1) is 5.52 Å². The number of nitrogens with one attached hydrogen (secondary N) is 2. The zero-order chi connectivity index (χ0) is 25.7. The molecule has 0 spiro atoms. The lowest BCUT2D eigenvalue weighted by Crippen LogP contribution is -2.28. The van der Waals surface area contributed by atoms with Crippen molar-refractivity contribution < 1.29 is 18.1 Å². The number of carbonyl (C=O) groups is 1. The summed E-state index contributed by atoms with van der Waals surface area (Å²) in [7, 11) is 1.51. The van der Waals surface area contributed by atoms with Gasteiger partial charge in [0.25, 0.3) is 5.92 Å². The Hall–Kier alpha value is -3.89. The van der Waals surface area contributed by atoms with Crippen molar-refractivity contribution in [1.82, 2.24) is 30.0 Å². The van der Waals surface area contributed by atoms with Crippen molar-refractivity contribution in [1.29, 1.82) is 0 Å². The van der Waals surface area contributed by atoms with Gasteiger partial charge in [-0.1, -0.05) is 37.6 Å². The van der Waals surface area contributed by atoms with Crippen molar-refractivity contribution >= 4 is 17.1 Å². The normalized spacial score (nSPS) is 14.8. The summed E-state index contributed by atoms with van der Waals surface area (Å²) in [5, 5.41) is 3.93. The fraction of sp³-hybridized carbons (Fsp3) is 0.400. The second-order valence-corrected chi connectivity index (χ2v) is 9.63. The number of aromatic nitrogens is 5. The molecule has 36 heavy (non-hydrogen) atoms. The maximum Gasteiger partial charge on any atom is 0.325 e. The van der Waals surface area contributed by atoms with E-state index in [0.717, 1.165) is 12.8 Å². The molecular formula is C25H26F2N6O3. The zero-order valence-electron chi connectivity index (χ0n) is 20.2. The number of pyridine rings is 1. The lowest BCUT2D eigenvalue weighted by atomic mass is 9.93. The van der Waals surface area contributed by atoms with Crippen LogP contribution in [0.25, 0.3) is 22.3 Å². The van der Waals surface area contributed by atoms with Crippen LogP contribution in [-0.4, -0.2) is 42.9 Å². The number of halogens is 2. The van der Waals surface area contributed by atoms with Crippen LogP contribution in [0.3, 0.4) is 0 Å². The highest BCUT2D eigenvalue weighted by atomic mass is 19.3. The molecule has 11 heteroatoms. The van der Waals surface area contributed by atoms with Gasteiger partial charge in [-0.25, -0.2) is 18.6 Å². The maximum atomic E-state index is 15.3. The van der Waals surface area contributed by atoms with E-state index >= 15 is 8.78 Å². The number of carbonyl (C=O) groups excluding carboxylic acids is 1. The van der Waals surface area contributed by atoms with Gasteiger partial charge in [0.2, 0.25) is 0 Å². The Kier molecular flexibility index (Phi) is 5.73. The van der Waals surface area contributed by atoms with Gasteiger partial charge in [0.1, 0.15) is 0 Å². The van der Waals surface area contributed by atoms with Crippen molar-refractivity contribution in [3.8, 4) is 11.1 Å². The first-order valence-corrected chi connectivity index (χ1v) is 11.8. The van der Waals surface area contributed by atoms with Crippen molar-refractivity contribution in [3.63, 3.8) is 0 Å². The minimum atomic E-state index is -3.13. The molecule has 0 bridgehead atoms. The Morgan fingerprint density at radius 2 is 2.03 bits per heavy atom. The summed E-state index contributed by atoms with van der Waals surface area (Å²) in [6.45, 7) is 3.62. The lowest BCUT2D eigenvalue weighted by Gasteiger charge is -2.23. The van der Waals surface area contributed by atoms with E-state index in [2.05, 4.69) is 25.1 Å². The zero-order valence-corrected chi connectivity index (χ0v) is 20.2. The van der Waals surface area contributed by atoms with Gasteiger partial charge >= 0.3 is 17.5 Å². The van der Waals surface area contributed by atoms with Crippen molar-refractivity contribution in [3.05, 3.63) is 63.8 Å². The number of hydrogen-bond acceptors (Lipinski definition) is 6. The number of amides is 1. The van der Waals surface area contributed by atoms with Crippen LogP contribution < -0.4 is 5.69 Å². The molecular weight excluding hydrogens is 470 g/mol. The highest BCUT2D eigenvalue weighted by molar-refractivity contribution is 5.90. The average Bonchev–Trinajstić information content (AvgIpc) is 3.23. The molecule has 2 N–H and O–H groups in total. The molecule has 0 radical (unpaired) electrons. The monoisotopic (exact) mass is 496 g/mol. The predicted molar refractivity (Wildman–Crippen MR) is 128 cm³/mol. The molecule has 1 saturated carbocycles. The van der Waals surface area contributed by atoms with Gasteiger partial charge in [-0.05, 0) is 36.1 Å². The molecule has 4 aromatic rings. The van der Waals surface area contributed by atoms with Gasteiger partial charge in [-0.3, -0.25) is 9.78 Å². The third-order valence-electron chi connectivity index (χ3n) is 6.70. The van der Waals surface area contributed by atoms with Crippen molar-refractivity contribution in [2.24, 2.45) is 0 Å². The molecule has 3 heterocycles. The molecule has 0 atom stereocenters. The van der Waals surface area contributed by atoms with Gasteiger partial charge in [0.15, 0.2) is 11.5 Å². The van der Waals surface area contributed by atoms with Crippen LogP contribution in [0.2, 0.25) is 0 Å². The van der Waals surface area contributed by atoms with Gasteiger partial charge < -0.3 is 14.4 Å². The number of fused-ring (bicyclic) bond motifs is 1. The quantitative estimate of drug-likeness (QED) is 0.370. The summed E-state index contributed by atoms with van der Waals surface area (Å²) < 4.78 is 35.8. The van der Waals surface area contributed by atoms with Crippen LogP contribution in [0, 0.1) is 0 Å². The second kappa shape index (κ2) is 8.65. The van der Waals surface area contributed by atoms with Crippen LogP contribution in [-0.2, 0) is 17.9 Å². The fourth-order valence-corrected chi connectivity index (χ4v) is 4.30. The Bertz CT molecular complexity index is 1500. The summed E-state index contributed by atoms with van der Waals surface area (Å²) in [4.78, 5) is 39.6. The number of alkyl halides is 2. The van der Waals surface area contributed by atoms with E-state index in [4.69, 9.17) is 4.52 Å². The fourth-order valence-electron chi connectivity index (χ4n) is 4.30. The molecule has 3 aromatic heterocycles.